The van der Waals surface area contributed by atoms with Gasteiger partial charge in [0.05, 0.1) is 6.61 Å². The molecule has 0 amide bonds. The molecule has 0 aromatic heterocycles. The molecule has 1 unspecified atom stereocenters. The van der Waals surface area contributed by atoms with Crippen molar-refractivity contribution in [1.29, 1.82) is 0 Å². The lowest BCUT2D eigenvalue weighted by atomic mass is 10.1. The largest absolute Gasteiger partial charge is 0.379 e. The Kier molecular flexibility index (Phi) is 6.52. The quantitative estimate of drug-likeness (QED) is 0.678. The van der Waals surface area contributed by atoms with Crippen molar-refractivity contribution < 1.29 is 4.74 Å². The van der Waals surface area contributed by atoms with Crippen molar-refractivity contribution in [2.45, 2.75) is 32.7 Å². The lowest BCUT2D eigenvalue weighted by molar-refractivity contribution is 0.131. The molecule has 118 valence electrons. The minimum absolute atomic E-state index is 0.366. The van der Waals surface area contributed by atoms with Gasteiger partial charge in [-0.05, 0) is 49.9 Å². The molecule has 0 aliphatic heterocycles. The van der Waals surface area contributed by atoms with E-state index in [1.165, 1.54) is 28.6 Å². The monoisotopic (exact) mass is 354 g/mol. The Morgan fingerprint density at radius 2 is 2.19 bits per heavy atom. The normalized spacial score (nSPS) is 16.0. The minimum Gasteiger partial charge on any atom is -0.379 e. The van der Waals surface area contributed by atoms with Crippen molar-refractivity contribution in [2.24, 2.45) is 5.92 Å². The number of benzene rings is 1. The van der Waals surface area contributed by atoms with Crippen molar-refractivity contribution in [2.75, 3.05) is 38.3 Å². The Labute approximate surface area is 137 Å². The van der Waals surface area contributed by atoms with Crippen LogP contribution in [-0.2, 0) is 4.74 Å². The van der Waals surface area contributed by atoms with Crippen LogP contribution in [0, 0.1) is 5.92 Å². The summed E-state index contributed by atoms with van der Waals surface area (Å²) in [6.45, 7) is 7.98. The SMILES string of the molecule is CCNC(C)c1ccc(N(C)CCOCC2CC2)cc1Br. The van der Waals surface area contributed by atoms with Crippen molar-refractivity contribution in [3.63, 3.8) is 0 Å². The molecule has 1 saturated carbocycles. The third-order valence-electron chi connectivity index (χ3n) is 4.02. The highest BCUT2D eigenvalue weighted by Crippen LogP contribution is 2.29. The minimum atomic E-state index is 0.366. The Morgan fingerprint density at radius 3 is 2.81 bits per heavy atom. The van der Waals surface area contributed by atoms with Crippen LogP contribution in [0.3, 0.4) is 0 Å². The predicted octanol–water partition coefficient (Wildman–Crippen LogP) is 3.98. The number of anilines is 1. The van der Waals surface area contributed by atoms with Crippen LogP contribution in [0.25, 0.3) is 0 Å². The molecule has 1 aromatic carbocycles. The third-order valence-corrected chi connectivity index (χ3v) is 4.71. The zero-order valence-corrected chi connectivity index (χ0v) is 14.9. The third kappa shape index (κ3) is 5.28. The summed E-state index contributed by atoms with van der Waals surface area (Å²) in [5.41, 5.74) is 2.53. The van der Waals surface area contributed by atoms with E-state index in [9.17, 15) is 0 Å². The Bertz CT molecular complexity index is 448. The first-order valence-electron chi connectivity index (χ1n) is 7.93. The van der Waals surface area contributed by atoms with E-state index in [0.29, 0.717) is 6.04 Å². The molecule has 0 saturated heterocycles. The van der Waals surface area contributed by atoms with Crippen LogP contribution in [0.15, 0.2) is 22.7 Å². The summed E-state index contributed by atoms with van der Waals surface area (Å²) in [5, 5.41) is 3.45. The predicted molar refractivity (Wildman–Crippen MR) is 93.0 cm³/mol. The summed E-state index contributed by atoms with van der Waals surface area (Å²) in [5.74, 6) is 0.844. The van der Waals surface area contributed by atoms with Gasteiger partial charge >= 0.3 is 0 Å². The average Bonchev–Trinajstić information content (AvgIpc) is 3.27. The summed E-state index contributed by atoms with van der Waals surface area (Å²) < 4.78 is 6.88. The van der Waals surface area contributed by atoms with Gasteiger partial charge in [-0.2, -0.15) is 0 Å². The molecule has 0 spiro atoms. The standard InChI is InChI=1S/C17H27BrN2O/c1-4-19-13(2)16-8-7-15(11-17(16)18)20(3)9-10-21-12-14-5-6-14/h7-8,11,13-14,19H,4-6,9-10,12H2,1-3H3. The highest BCUT2D eigenvalue weighted by Gasteiger charge is 2.21. The van der Waals surface area contributed by atoms with Crippen molar-refractivity contribution in [1.82, 2.24) is 5.32 Å². The van der Waals surface area contributed by atoms with Gasteiger partial charge in [-0.3, -0.25) is 0 Å². The van der Waals surface area contributed by atoms with E-state index >= 15 is 0 Å². The van der Waals surface area contributed by atoms with E-state index in [-0.39, 0.29) is 0 Å². The zero-order valence-electron chi connectivity index (χ0n) is 13.4. The first kappa shape index (κ1) is 16.8. The van der Waals surface area contributed by atoms with Crippen LogP contribution in [-0.4, -0.2) is 33.4 Å². The second kappa shape index (κ2) is 8.16. The molecule has 0 bridgehead atoms. The van der Waals surface area contributed by atoms with Crippen LogP contribution in [0.1, 0.15) is 38.3 Å². The summed E-state index contributed by atoms with van der Waals surface area (Å²) >= 11 is 3.70. The molecule has 1 fully saturated rings. The molecule has 21 heavy (non-hydrogen) atoms. The first-order valence-corrected chi connectivity index (χ1v) is 8.72. The van der Waals surface area contributed by atoms with E-state index in [0.717, 1.165) is 32.2 Å². The molecule has 0 heterocycles. The van der Waals surface area contributed by atoms with Gasteiger partial charge in [0.25, 0.3) is 0 Å². The van der Waals surface area contributed by atoms with Crippen LogP contribution in [0.4, 0.5) is 5.69 Å². The second-order valence-corrected chi connectivity index (χ2v) is 6.78. The number of nitrogens with zero attached hydrogens (tertiary/aromatic N) is 1. The van der Waals surface area contributed by atoms with E-state index in [4.69, 9.17) is 4.74 Å². The van der Waals surface area contributed by atoms with E-state index < -0.39 is 0 Å². The molecule has 0 radical (unpaired) electrons. The number of ether oxygens (including phenoxy) is 1. The van der Waals surface area contributed by atoms with Gasteiger partial charge in [-0.15, -0.1) is 0 Å². The van der Waals surface area contributed by atoms with Crippen LogP contribution in [0.5, 0.6) is 0 Å². The maximum Gasteiger partial charge on any atom is 0.0641 e. The number of likely N-dealkylation sites (N-methyl/N-ethyl adjacent to an activating group) is 1. The van der Waals surface area contributed by atoms with E-state index in [1.807, 2.05) is 0 Å². The van der Waals surface area contributed by atoms with Crippen LogP contribution < -0.4 is 10.2 Å². The van der Waals surface area contributed by atoms with E-state index in [2.05, 4.69) is 65.2 Å². The van der Waals surface area contributed by atoms with Crippen molar-refractivity contribution >= 4 is 21.6 Å². The molecule has 3 nitrogen and oxygen atoms in total. The van der Waals surface area contributed by atoms with Gasteiger partial charge in [0.15, 0.2) is 0 Å². The number of hydrogen-bond donors (Lipinski definition) is 1. The smallest absolute Gasteiger partial charge is 0.0641 e. The highest BCUT2D eigenvalue weighted by atomic mass is 79.9. The molecule has 1 aliphatic carbocycles. The fraction of sp³-hybridized carbons (Fsp3) is 0.647. The molecular formula is C17H27BrN2O. The number of hydrogen-bond acceptors (Lipinski definition) is 3. The first-order chi connectivity index (χ1) is 10.1. The molecule has 2 rings (SSSR count). The zero-order chi connectivity index (χ0) is 15.2. The van der Waals surface area contributed by atoms with Gasteiger partial charge < -0.3 is 15.0 Å². The summed E-state index contributed by atoms with van der Waals surface area (Å²) in [4.78, 5) is 2.25. The van der Waals surface area contributed by atoms with Gasteiger partial charge in [0.2, 0.25) is 0 Å². The molecule has 4 heteroatoms. The van der Waals surface area contributed by atoms with Crippen LogP contribution in [0.2, 0.25) is 0 Å². The number of rotatable bonds is 9. The van der Waals surface area contributed by atoms with Gasteiger partial charge in [-0.25, -0.2) is 0 Å². The second-order valence-electron chi connectivity index (χ2n) is 5.93. The van der Waals surface area contributed by atoms with Gasteiger partial charge in [-0.1, -0.05) is 28.9 Å². The Hall–Kier alpha value is -0.580. The summed E-state index contributed by atoms with van der Waals surface area (Å²) in [6, 6.07) is 6.96. The summed E-state index contributed by atoms with van der Waals surface area (Å²) in [7, 11) is 2.12. The topological polar surface area (TPSA) is 24.5 Å². The lowest BCUT2D eigenvalue weighted by Gasteiger charge is -2.22. The molecule has 1 atom stereocenters. The maximum atomic E-state index is 5.71. The highest BCUT2D eigenvalue weighted by molar-refractivity contribution is 9.10. The van der Waals surface area contributed by atoms with Gasteiger partial charge in [0, 0.05) is 36.4 Å². The molecular weight excluding hydrogens is 328 g/mol. The fourth-order valence-corrected chi connectivity index (χ4v) is 3.10. The molecule has 1 aliphatic rings. The Morgan fingerprint density at radius 1 is 1.43 bits per heavy atom. The Balaban J connectivity index is 1.85. The number of nitrogens with one attached hydrogen (secondary N) is 1. The van der Waals surface area contributed by atoms with Gasteiger partial charge in [0.1, 0.15) is 0 Å². The maximum absolute atomic E-state index is 5.71. The average molecular weight is 355 g/mol. The number of halogens is 1. The molecule has 1 N–H and O–H groups in total. The van der Waals surface area contributed by atoms with Crippen molar-refractivity contribution in [3.8, 4) is 0 Å². The van der Waals surface area contributed by atoms with Crippen molar-refractivity contribution in [3.05, 3.63) is 28.2 Å². The van der Waals surface area contributed by atoms with Crippen LogP contribution >= 0.6 is 15.9 Å². The van der Waals surface area contributed by atoms with E-state index in [1.54, 1.807) is 0 Å². The molecule has 1 aromatic rings. The fourth-order valence-electron chi connectivity index (χ4n) is 2.39. The lowest BCUT2D eigenvalue weighted by Crippen LogP contribution is -2.23. The summed E-state index contributed by atoms with van der Waals surface area (Å²) in [6.07, 6.45) is 2.71.